The summed E-state index contributed by atoms with van der Waals surface area (Å²) in [7, 11) is 3.38. The van der Waals surface area contributed by atoms with Crippen molar-refractivity contribution in [2.45, 2.75) is 25.0 Å². The molecule has 0 aromatic heterocycles. The van der Waals surface area contributed by atoms with Crippen molar-refractivity contribution in [3.63, 3.8) is 0 Å². The van der Waals surface area contributed by atoms with Crippen LogP contribution in [0.4, 0.5) is 5.69 Å². The molecular weight excluding hydrogens is 474 g/mol. The average molecular weight is 514 g/mol. The van der Waals surface area contributed by atoms with Crippen LogP contribution in [0.3, 0.4) is 0 Å². The first-order valence-corrected chi connectivity index (χ1v) is 13.0. The number of aliphatic hydroxyl groups is 1. The SMILES string of the molecule is COCCCN1CCOc2ccc(CO[C@H]3CNC[C@@H](CNC(=O)CO)[C@@H]3c3ccc(OC)cc3)cc21. The minimum absolute atomic E-state index is 0.0673. The summed E-state index contributed by atoms with van der Waals surface area (Å²) in [4.78, 5) is 14.1. The lowest BCUT2D eigenvalue weighted by atomic mass is 9.79. The first-order chi connectivity index (χ1) is 18.1. The second-order valence-corrected chi connectivity index (χ2v) is 9.51. The van der Waals surface area contributed by atoms with Crippen molar-refractivity contribution in [1.82, 2.24) is 10.6 Å². The molecule has 0 aliphatic carbocycles. The summed E-state index contributed by atoms with van der Waals surface area (Å²) < 4.78 is 23.0. The summed E-state index contributed by atoms with van der Waals surface area (Å²) in [6.07, 6.45) is 0.866. The highest BCUT2D eigenvalue weighted by Crippen LogP contribution is 2.35. The lowest BCUT2D eigenvalue weighted by Gasteiger charge is -2.39. The zero-order valence-electron chi connectivity index (χ0n) is 21.8. The fourth-order valence-corrected chi connectivity index (χ4v) is 5.19. The van der Waals surface area contributed by atoms with Gasteiger partial charge in [0.05, 0.1) is 32.1 Å². The first kappa shape index (κ1) is 27.2. The molecule has 0 saturated carbocycles. The Morgan fingerprint density at radius 2 is 2.03 bits per heavy atom. The predicted octanol–water partition coefficient (Wildman–Crippen LogP) is 1.93. The number of nitrogens with one attached hydrogen (secondary N) is 2. The summed E-state index contributed by atoms with van der Waals surface area (Å²) >= 11 is 0. The van der Waals surface area contributed by atoms with Crippen LogP contribution in [0.25, 0.3) is 0 Å². The number of methoxy groups -OCH3 is 2. The van der Waals surface area contributed by atoms with Gasteiger partial charge in [0, 0.05) is 45.8 Å². The van der Waals surface area contributed by atoms with Crippen molar-refractivity contribution in [1.29, 1.82) is 0 Å². The second kappa shape index (κ2) is 13.6. The molecule has 4 rings (SSSR count). The Balaban J connectivity index is 1.48. The molecule has 9 nitrogen and oxygen atoms in total. The lowest BCUT2D eigenvalue weighted by molar-refractivity contribution is -0.124. The van der Waals surface area contributed by atoms with Crippen LogP contribution >= 0.6 is 0 Å². The number of rotatable bonds is 12. The van der Waals surface area contributed by atoms with Crippen LogP contribution in [0.5, 0.6) is 11.5 Å². The number of benzene rings is 2. The number of carbonyl (C=O) groups excluding carboxylic acids is 1. The van der Waals surface area contributed by atoms with E-state index >= 15 is 0 Å². The molecule has 202 valence electrons. The van der Waals surface area contributed by atoms with Crippen molar-refractivity contribution >= 4 is 11.6 Å². The minimum Gasteiger partial charge on any atom is -0.497 e. The van der Waals surface area contributed by atoms with Crippen molar-refractivity contribution in [3.8, 4) is 11.5 Å². The maximum Gasteiger partial charge on any atom is 0.245 e. The molecule has 1 amide bonds. The van der Waals surface area contributed by atoms with Crippen molar-refractivity contribution in [3.05, 3.63) is 53.6 Å². The van der Waals surface area contributed by atoms with Crippen LogP contribution in [0.15, 0.2) is 42.5 Å². The summed E-state index contributed by atoms with van der Waals surface area (Å²) in [6.45, 7) is 5.04. The van der Waals surface area contributed by atoms with E-state index in [1.54, 1.807) is 14.2 Å². The number of aliphatic hydroxyl groups excluding tert-OH is 1. The molecule has 0 spiro atoms. The van der Waals surface area contributed by atoms with Gasteiger partial charge in [0.25, 0.3) is 0 Å². The van der Waals surface area contributed by atoms with Gasteiger partial charge in [-0.25, -0.2) is 0 Å². The highest BCUT2D eigenvalue weighted by molar-refractivity contribution is 5.76. The largest absolute Gasteiger partial charge is 0.497 e. The molecule has 1 fully saturated rings. The number of hydrogen-bond acceptors (Lipinski definition) is 8. The standard InChI is InChI=1S/C28H39N3O6/c1-34-12-3-10-31-11-13-36-25-9-4-20(14-24(25)31)19-37-26-17-29-15-22(16-30-27(33)18-32)28(26)21-5-7-23(35-2)8-6-21/h4-9,14,22,26,28-29,32H,3,10-13,15-19H2,1-2H3,(H,30,33)/t22-,26-,28-/m0/s1. The first-order valence-electron chi connectivity index (χ1n) is 13.0. The zero-order valence-corrected chi connectivity index (χ0v) is 21.8. The van der Waals surface area contributed by atoms with E-state index in [0.717, 1.165) is 61.0 Å². The molecule has 2 aliphatic rings. The molecule has 2 heterocycles. The molecular formula is C28H39N3O6. The van der Waals surface area contributed by atoms with Crippen LogP contribution in [-0.4, -0.2) is 83.9 Å². The van der Waals surface area contributed by atoms with Gasteiger partial charge >= 0.3 is 0 Å². The highest BCUT2D eigenvalue weighted by atomic mass is 16.5. The van der Waals surface area contributed by atoms with Gasteiger partial charge in [-0.2, -0.15) is 0 Å². The maximum absolute atomic E-state index is 11.7. The van der Waals surface area contributed by atoms with Gasteiger partial charge in [-0.1, -0.05) is 18.2 Å². The van der Waals surface area contributed by atoms with E-state index in [4.69, 9.17) is 24.1 Å². The number of hydrogen-bond donors (Lipinski definition) is 3. The Kier molecular flexibility index (Phi) is 10.0. The molecule has 0 bridgehead atoms. The van der Waals surface area contributed by atoms with E-state index in [9.17, 15) is 4.79 Å². The number of piperidine rings is 1. The number of nitrogens with zero attached hydrogens (tertiary/aromatic N) is 1. The molecule has 2 aromatic rings. The molecule has 1 saturated heterocycles. The highest BCUT2D eigenvalue weighted by Gasteiger charge is 2.35. The van der Waals surface area contributed by atoms with Crippen molar-refractivity contribution < 1.29 is 28.8 Å². The van der Waals surface area contributed by atoms with Gasteiger partial charge in [0.15, 0.2) is 0 Å². The topological polar surface area (TPSA) is 102 Å². The van der Waals surface area contributed by atoms with E-state index in [1.165, 1.54) is 0 Å². The number of ether oxygens (including phenoxy) is 4. The third-order valence-corrected chi connectivity index (χ3v) is 7.09. The predicted molar refractivity (Wildman–Crippen MR) is 141 cm³/mol. The quantitative estimate of drug-likeness (QED) is 0.370. The van der Waals surface area contributed by atoms with Crippen LogP contribution in [0.2, 0.25) is 0 Å². The van der Waals surface area contributed by atoms with E-state index in [2.05, 4.69) is 39.8 Å². The van der Waals surface area contributed by atoms with Crippen molar-refractivity contribution in [2.24, 2.45) is 5.92 Å². The Bertz CT molecular complexity index is 1000. The Morgan fingerprint density at radius 3 is 2.78 bits per heavy atom. The van der Waals surface area contributed by atoms with E-state index in [-0.39, 0.29) is 23.8 Å². The monoisotopic (exact) mass is 513 g/mol. The van der Waals surface area contributed by atoms with Crippen LogP contribution in [-0.2, 0) is 20.9 Å². The van der Waals surface area contributed by atoms with Gasteiger partial charge in [-0.05, 0) is 47.7 Å². The molecule has 2 aromatic carbocycles. The van der Waals surface area contributed by atoms with E-state index in [1.807, 2.05) is 18.2 Å². The van der Waals surface area contributed by atoms with E-state index in [0.29, 0.717) is 26.3 Å². The second-order valence-electron chi connectivity index (χ2n) is 9.51. The van der Waals surface area contributed by atoms with Gasteiger partial charge in [0.1, 0.15) is 24.7 Å². The van der Waals surface area contributed by atoms with E-state index < -0.39 is 6.61 Å². The maximum atomic E-state index is 11.7. The van der Waals surface area contributed by atoms with Crippen LogP contribution in [0, 0.1) is 5.92 Å². The Hall–Kier alpha value is -2.85. The molecule has 9 heteroatoms. The zero-order chi connectivity index (χ0) is 26.0. The molecule has 3 N–H and O–H groups in total. The van der Waals surface area contributed by atoms with Gasteiger partial charge in [0.2, 0.25) is 5.91 Å². The third kappa shape index (κ3) is 7.13. The number of anilines is 1. The fourth-order valence-electron chi connectivity index (χ4n) is 5.19. The molecule has 37 heavy (non-hydrogen) atoms. The van der Waals surface area contributed by atoms with Crippen molar-refractivity contribution in [2.75, 3.05) is 71.7 Å². The molecule has 0 unspecified atom stereocenters. The van der Waals surface area contributed by atoms with Crippen LogP contribution in [0.1, 0.15) is 23.5 Å². The van der Waals surface area contributed by atoms with Gasteiger partial charge in [-0.15, -0.1) is 0 Å². The lowest BCUT2D eigenvalue weighted by Crippen LogP contribution is -2.50. The average Bonchev–Trinajstić information content (AvgIpc) is 2.95. The number of carbonyl (C=O) groups is 1. The minimum atomic E-state index is -0.516. The molecule has 3 atom stereocenters. The summed E-state index contributed by atoms with van der Waals surface area (Å²) in [5, 5.41) is 15.5. The summed E-state index contributed by atoms with van der Waals surface area (Å²) in [6, 6.07) is 14.3. The third-order valence-electron chi connectivity index (χ3n) is 7.09. The normalized spacial score (nSPS) is 21.2. The molecule has 2 aliphatic heterocycles. The van der Waals surface area contributed by atoms with Gasteiger partial charge in [-0.3, -0.25) is 4.79 Å². The summed E-state index contributed by atoms with van der Waals surface area (Å²) in [5.74, 6) is 1.51. The smallest absolute Gasteiger partial charge is 0.245 e. The summed E-state index contributed by atoms with van der Waals surface area (Å²) in [5.41, 5.74) is 3.32. The molecule has 0 radical (unpaired) electrons. The van der Waals surface area contributed by atoms with Gasteiger partial charge < -0.3 is 39.6 Å². The number of amides is 1. The number of fused-ring (bicyclic) bond motifs is 1. The van der Waals surface area contributed by atoms with Crippen LogP contribution < -0.4 is 25.0 Å². The Labute approximate surface area is 219 Å². The Morgan fingerprint density at radius 1 is 1.19 bits per heavy atom. The fraction of sp³-hybridized carbons (Fsp3) is 0.536.